The lowest BCUT2D eigenvalue weighted by Gasteiger charge is -2.34. The van der Waals surface area contributed by atoms with Gasteiger partial charge in [0, 0.05) is 50.8 Å². The van der Waals surface area contributed by atoms with E-state index in [2.05, 4.69) is 0 Å². The summed E-state index contributed by atoms with van der Waals surface area (Å²) in [7, 11) is -3.82. The fourth-order valence-corrected chi connectivity index (χ4v) is 4.48. The highest BCUT2D eigenvalue weighted by atomic mass is 32.2. The number of hydrogen-bond acceptors (Lipinski definition) is 7. The van der Waals surface area contributed by atoms with E-state index in [4.69, 9.17) is 4.74 Å². The summed E-state index contributed by atoms with van der Waals surface area (Å²) in [5, 5.41) is 10.7. The van der Waals surface area contributed by atoms with Crippen LogP contribution in [0.5, 0.6) is 5.75 Å². The molecule has 0 aromatic heterocycles. The first kappa shape index (κ1) is 21.4. The van der Waals surface area contributed by atoms with Gasteiger partial charge in [-0.2, -0.15) is 4.31 Å². The predicted molar refractivity (Wildman–Crippen MR) is 106 cm³/mol. The van der Waals surface area contributed by atoms with Gasteiger partial charge >= 0.3 is 5.97 Å². The van der Waals surface area contributed by atoms with Crippen molar-refractivity contribution >= 4 is 27.6 Å². The van der Waals surface area contributed by atoms with Crippen molar-refractivity contribution in [2.24, 2.45) is 0 Å². The van der Waals surface area contributed by atoms with Crippen LogP contribution in [0, 0.1) is 10.1 Å². The van der Waals surface area contributed by atoms with Gasteiger partial charge in [0.15, 0.2) is 0 Å². The molecule has 11 heteroatoms. The lowest BCUT2D eigenvalue weighted by atomic mass is 10.1. The summed E-state index contributed by atoms with van der Waals surface area (Å²) in [5.41, 5.74) is 0.140. The maximum atomic E-state index is 12.8. The molecule has 0 saturated carbocycles. The Bertz CT molecular complexity index is 1080. The van der Waals surface area contributed by atoms with E-state index in [1.165, 1.54) is 34.3 Å². The minimum absolute atomic E-state index is 0.0399. The largest absolute Gasteiger partial charge is 0.427 e. The molecule has 0 atom stereocenters. The van der Waals surface area contributed by atoms with Gasteiger partial charge in [-0.05, 0) is 30.3 Å². The molecule has 1 saturated heterocycles. The fraction of sp³-hybridized carbons (Fsp3) is 0.263. The van der Waals surface area contributed by atoms with Crippen molar-refractivity contribution in [2.45, 2.75) is 11.8 Å². The third kappa shape index (κ3) is 4.63. The molecule has 0 N–H and O–H groups in total. The number of hydrogen-bond donors (Lipinski definition) is 0. The van der Waals surface area contributed by atoms with Gasteiger partial charge in [-0.15, -0.1) is 0 Å². The SMILES string of the molecule is CC(=O)Oc1cccc(C(=O)N2CCN(S(=O)(=O)c3ccc([N+](=O)[O-])cc3)CC2)c1. The van der Waals surface area contributed by atoms with Gasteiger partial charge in [0.1, 0.15) is 5.75 Å². The third-order valence-corrected chi connectivity index (χ3v) is 6.47. The molecule has 0 spiro atoms. The minimum atomic E-state index is -3.82. The monoisotopic (exact) mass is 433 g/mol. The van der Waals surface area contributed by atoms with Crippen LogP contribution in [0.3, 0.4) is 0 Å². The number of carbonyl (C=O) groups excluding carboxylic acids is 2. The molecule has 0 bridgehead atoms. The van der Waals surface area contributed by atoms with Gasteiger partial charge in [-0.25, -0.2) is 8.42 Å². The van der Waals surface area contributed by atoms with Gasteiger partial charge in [0.05, 0.1) is 9.82 Å². The van der Waals surface area contributed by atoms with Crippen LogP contribution >= 0.6 is 0 Å². The lowest BCUT2D eigenvalue weighted by Crippen LogP contribution is -2.50. The van der Waals surface area contributed by atoms with Crippen LogP contribution in [0.25, 0.3) is 0 Å². The maximum absolute atomic E-state index is 12.8. The Morgan fingerprint density at radius 3 is 2.23 bits per heavy atom. The van der Waals surface area contributed by atoms with Crippen LogP contribution in [0.2, 0.25) is 0 Å². The summed E-state index contributed by atoms with van der Waals surface area (Å²) < 4.78 is 31.8. The molecule has 30 heavy (non-hydrogen) atoms. The van der Waals surface area contributed by atoms with Crippen LogP contribution in [0.4, 0.5) is 5.69 Å². The summed E-state index contributed by atoms with van der Waals surface area (Å²) in [6.07, 6.45) is 0. The van der Waals surface area contributed by atoms with Gasteiger partial charge in [0.2, 0.25) is 10.0 Å². The highest BCUT2D eigenvalue weighted by Gasteiger charge is 2.30. The summed E-state index contributed by atoms with van der Waals surface area (Å²) in [6, 6.07) is 10.9. The van der Waals surface area contributed by atoms with Gasteiger partial charge in [-0.1, -0.05) is 6.07 Å². The second kappa shape index (κ2) is 8.59. The molecule has 0 aliphatic carbocycles. The van der Waals surface area contributed by atoms with Gasteiger partial charge < -0.3 is 9.64 Å². The number of non-ortho nitro benzene ring substituents is 1. The van der Waals surface area contributed by atoms with E-state index in [9.17, 15) is 28.1 Å². The minimum Gasteiger partial charge on any atom is -0.427 e. The zero-order valence-corrected chi connectivity index (χ0v) is 16.9. The molecular formula is C19H19N3O7S. The summed E-state index contributed by atoms with van der Waals surface area (Å²) >= 11 is 0. The Morgan fingerprint density at radius 1 is 1.03 bits per heavy atom. The van der Waals surface area contributed by atoms with E-state index in [1.54, 1.807) is 18.2 Å². The second-order valence-electron chi connectivity index (χ2n) is 6.57. The molecule has 1 heterocycles. The summed E-state index contributed by atoms with van der Waals surface area (Å²) in [4.78, 5) is 35.4. The van der Waals surface area contributed by atoms with Crippen LogP contribution in [-0.2, 0) is 14.8 Å². The zero-order valence-electron chi connectivity index (χ0n) is 16.1. The molecular weight excluding hydrogens is 414 g/mol. The van der Waals surface area contributed by atoms with Crippen LogP contribution in [0.1, 0.15) is 17.3 Å². The number of ether oxygens (including phenoxy) is 1. The molecule has 1 aliphatic heterocycles. The molecule has 10 nitrogen and oxygen atoms in total. The standard InChI is InChI=1S/C19H19N3O7S/c1-14(23)29-17-4-2-3-15(13-17)19(24)20-9-11-21(12-10-20)30(27,28)18-7-5-16(6-8-18)22(25)26/h2-8,13H,9-12H2,1H3. The van der Waals surface area contributed by atoms with Crippen molar-refractivity contribution in [3.63, 3.8) is 0 Å². The predicted octanol–water partition coefficient (Wildman–Crippen LogP) is 1.67. The Labute approximate surface area is 172 Å². The average Bonchev–Trinajstić information content (AvgIpc) is 2.73. The smallest absolute Gasteiger partial charge is 0.308 e. The molecule has 1 amide bonds. The second-order valence-corrected chi connectivity index (χ2v) is 8.51. The Balaban J connectivity index is 1.67. The highest BCUT2D eigenvalue weighted by Crippen LogP contribution is 2.22. The van der Waals surface area contributed by atoms with E-state index >= 15 is 0 Å². The molecule has 1 aliphatic rings. The topological polar surface area (TPSA) is 127 Å². The summed E-state index contributed by atoms with van der Waals surface area (Å²) in [6.45, 7) is 1.81. The third-order valence-electron chi connectivity index (χ3n) is 4.55. The maximum Gasteiger partial charge on any atom is 0.308 e. The van der Waals surface area contributed by atoms with Crippen molar-refractivity contribution in [1.29, 1.82) is 0 Å². The summed E-state index contributed by atoms with van der Waals surface area (Å²) in [5.74, 6) is -0.534. The number of nitro benzene ring substituents is 1. The number of nitrogens with zero attached hydrogens (tertiary/aromatic N) is 3. The number of carbonyl (C=O) groups is 2. The van der Waals surface area contributed by atoms with Crippen molar-refractivity contribution in [3.8, 4) is 5.75 Å². The molecule has 1 fully saturated rings. The van der Waals surface area contributed by atoms with Crippen LogP contribution in [0.15, 0.2) is 53.4 Å². The Morgan fingerprint density at radius 2 is 1.67 bits per heavy atom. The van der Waals surface area contributed by atoms with E-state index in [1.807, 2.05) is 0 Å². The normalized spacial score (nSPS) is 14.9. The first-order valence-corrected chi connectivity index (χ1v) is 10.4. The molecule has 2 aromatic carbocycles. The van der Waals surface area contributed by atoms with Crippen molar-refractivity contribution in [2.75, 3.05) is 26.2 Å². The van der Waals surface area contributed by atoms with Crippen molar-refractivity contribution in [3.05, 3.63) is 64.2 Å². The number of sulfonamides is 1. The van der Waals surface area contributed by atoms with Gasteiger partial charge in [0.25, 0.3) is 11.6 Å². The lowest BCUT2D eigenvalue weighted by molar-refractivity contribution is -0.384. The molecule has 158 valence electrons. The first-order chi connectivity index (χ1) is 14.2. The van der Waals surface area contributed by atoms with E-state index in [-0.39, 0.29) is 48.4 Å². The molecule has 2 aromatic rings. The first-order valence-electron chi connectivity index (χ1n) is 9.01. The van der Waals surface area contributed by atoms with E-state index in [0.29, 0.717) is 5.56 Å². The Kier molecular flexibility index (Phi) is 6.13. The van der Waals surface area contributed by atoms with Gasteiger partial charge in [-0.3, -0.25) is 19.7 Å². The number of benzene rings is 2. The number of rotatable bonds is 5. The van der Waals surface area contributed by atoms with Crippen molar-refractivity contribution in [1.82, 2.24) is 9.21 Å². The fourth-order valence-electron chi connectivity index (χ4n) is 3.06. The quantitative estimate of drug-likeness (QED) is 0.304. The number of amides is 1. The van der Waals surface area contributed by atoms with E-state index < -0.39 is 20.9 Å². The van der Waals surface area contributed by atoms with E-state index in [0.717, 1.165) is 12.1 Å². The van der Waals surface area contributed by atoms with Crippen LogP contribution < -0.4 is 4.74 Å². The molecule has 3 rings (SSSR count). The van der Waals surface area contributed by atoms with Crippen molar-refractivity contribution < 1.29 is 27.7 Å². The zero-order chi connectivity index (χ0) is 21.9. The highest BCUT2D eigenvalue weighted by molar-refractivity contribution is 7.89. The number of nitro groups is 1. The van der Waals surface area contributed by atoms with Crippen LogP contribution in [-0.4, -0.2) is 60.6 Å². The Hall–Kier alpha value is -3.31. The molecule has 0 radical (unpaired) electrons. The average molecular weight is 433 g/mol. The molecule has 0 unspecified atom stereocenters. The number of piperazine rings is 1. The number of esters is 1.